The van der Waals surface area contributed by atoms with Crippen LogP contribution in [0.25, 0.3) is 0 Å². The van der Waals surface area contributed by atoms with Crippen molar-refractivity contribution in [1.82, 2.24) is 25.9 Å². The zero-order valence-electron chi connectivity index (χ0n) is 10.3. The Morgan fingerprint density at radius 3 is 2.41 bits per heavy atom. The molecule has 2 aromatic rings. The molecule has 1 aromatic heterocycles. The van der Waals surface area contributed by atoms with Gasteiger partial charge in [-0.3, -0.25) is 0 Å². The molecule has 2 atom stereocenters. The number of nitrogens with one attached hydrogen (secondary N) is 2. The van der Waals surface area contributed by atoms with E-state index in [1.165, 1.54) is 11.1 Å². The van der Waals surface area contributed by atoms with Gasteiger partial charge in [-0.1, -0.05) is 35.0 Å². The molecule has 0 bridgehead atoms. The summed E-state index contributed by atoms with van der Waals surface area (Å²) in [5, 5.41) is 17.4. The van der Waals surface area contributed by atoms with Crippen molar-refractivity contribution >= 4 is 0 Å². The van der Waals surface area contributed by atoms with Crippen LogP contribution in [0.5, 0.6) is 0 Å². The summed E-state index contributed by atoms with van der Waals surface area (Å²) >= 11 is 0. The molecule has 0 aliphatic carbocycles. The van der Waals surface area contributed by atoms with Crippen LogP contribution in [0.1, 0.15) is 42.9 Å². The average Bonchev–Trinajstić information content (AvgIpc) is 2.83. The van der Waals surface area contributed by atoms with Gasteiger partial charge in [0.2, 0.25) is 0 Å². The maximum Gasteiger partial charge on any atom is 0.191 e. The normalized spacial score (nSPS) is 14.5. The van der Waals surface area contributed by atoms with Gasteiger partial charge in [0.05, 0.1) is 6.04 Å². The van der Waals surface area contributed by atoms with E-state index in [0.29, 0.717) is 5.82 Å². The van der Waals surface area contributed by atoms with Gasteiger partial charge in [0, 0.05) is 6.04 Å². The van der Waals surface area contributed by atoms with Crippen LogP contribution in [0, 0.1) is 6.92 Å². The molecule has 5 heteroatoms. The summed E-state index contributed by atoms with van der Waals surface area (Å²) in [6, 6.07) is 8.83. The number of hydrogen-bond donors (Lipinski definition) is 2. The first-order valence-electron chi connectivity index (χ1n) is 5.73. The summed E-state index contributed by atoms with van der Waals surface area (Å²) in [5.41, 5.74) is 2.53. The van der Waals surface area contributed by atoms with Crippen LogP contribution in [-0.2, 0) is 0 Å². The Morgan fingerprint density at radius 1 is 1.12 bits per heavy atom. The lowest BCUT2D eigenvalue weighted by atomic mass is 10.1. The molecule has 1 heterocycles. The zero-order valence-corrected chi connectivity index (χ0v) is 10.3. The molecule has 17 heavy (non-hydrogen) atoms. The summed E-state index contributed by atoms with van der Waals surface area (Å²) in [6.07, 6.45) is 0. The van der Waals surface area contributed by atoms with Crippen LogP contribution in [0.2, 0.25) is 0 Å². The number of aryl methyl sites for hydroxylation is 1. The van der Waals surface area contributed by atoms with Gasteiger partial charge < -0.3 is 5.32 Å². The zero-order chi connectivity index (χ0) is 12.3. The van der Waals surface area contributed by atoms with Crippen molar-refractivity contribution < 1.29 is 0 Å². The minimum Gasteiger partial charge on any atom is -0.301 e. The van der Waals surface area contributed by atoms with Gasteiger partial charge in [-0.15, -0.1) is 10.2 Å². The van der Waals surface area contributed by atoms with Gasteiger partial charge in [0.1, 0.15) is 0 Å². The predicted molar refractivity (Wildman–Crippen MR) is 65.3 cm³/mol. The Hall–Kier alpha value is -1.75. The fourth-order valence-electron chi connectivity index (χ4n) is 1.75. The molecular weight excluding hydrogens is 214 g/mol. The van der Waals surface area contributed by atoms with Crippen molar-refractivity contribution in [3.8, 4) is 0 Å². The molecule has 90 valence electrons. The molecule has 2 N–H and O–H groups in total. The topological polar surface area (TPSA) is 66.5 Å². The maximum absolute atomic E-state index is 3.97. The first-order chi connectivity index (χ1) is 8.16. The summed E-state index contributed by atoms with van der Waals surface area (Å²) in [4.78, 5) is 0. The Bertz CT molecular complexity index is 448. The van der Waals surface area contributed by atoms with Crippen LogP contribution >= 0.6 is 0 Å². The lowest BCUT2D eigenvalue weighted by molar-refractivity contribution is 0.477. The number of nitrogens with zero attached hydrogens (tertiary/aromatic N) is 3. The summed E-state index contributed by atoms with van der Waals surface area (Å²) in [5.74, 6) is 0.684. The highest BCUT2D eigenvalue weighted by atomic mass is 15.5. The van der Waals surface area contributed by atoms with Crippen LogP contribution in [0.15, 0.2) is 24.3 Å². The third kappa shape index (κ3) is 2.88. The van der Waals surface area contributed by atoms with Gasteiger partial charge in [0.15, 0.2) is 5.82 Å². The Balaban J connectivity index is 2.01. The molecule has 0 aliphatic rings. The van der Waals surface area contributed by atoms with E-state index in [9.17, 15) is 0 Å². The maximum atomic E-state index is 3.97. The molecule has 0 spiro atoms. The van der Waals surface area contributed by atoms with E-state index in [1.54, 1.807) is 0 Å². The van der Waals surface area contributed by atoms with E-state index in [-0.39, 0.29) is 12.1 Å². The van der Waals surface area contributed by atoms with Gasteiger partial charge in [-0.05, 0) is 26.3 Å². The van der Waals surface area contributed by atoms with Gasteiger partial charge in [0.25, 0.3) is 0 Å². The lowest BCUT2D eigenvalue weighted by Gasteiger charge is -2.18. The predicted octanol–water partition coefficient (Wildman–Crippen LogP) is 1.92. The second kappa shape index (κ2) is 5.05. The third-order valence-electron chi connectivity index (χ3n) is 2.83. The van der Waals surface area contributed by atoms with Gasteiger partial charge in [-0.2, -0.15) is 5.21 Å². The van der Waals surface area contributed by atoms with Crippen molar-refractivity contribution in [2.24, 2.45) is 0 Å². The fourth-order valence-corrected chi connectivity index (χ4v) is 1.75. The third-order valence-corrected chi connectivity index (χ3v) is 2.83. The van der Waals surface area contributed by atoms with Crippen LogP contribution in [0.3, 0.4) is 0 Å². The monoisotopic (exact) mass is 231 g/mol. The van der Waals surface area contributed by atoms with Crippen LogP contribution in [0.4, 0.5) is 0 Å². The first kappa shape index (κ1) is 11.7. The van der Waals surface area contributed by atoms with Gasteiger partial charge in [-0.25, -0.2) is 0 Å². The Labute approximate surface area is 101 Å². The van der Waals surface area contributed by atoms with Gasteiger partial charge >= 0.3 is 0 Å². The average molecular weight is 231 g/mol. The lowest BCUT2D eigenvalue weighted by Crippen LogP contribution is -2.23. The smallest absolute Gasteiger partial charge is 0.191 e. The molecular formula is C12H17N5. The number of hydrogen-bond acceptors (Lipinski definition) is 4. The quantitative estimate of drug-likeness (QED) is 0.843. The number of H-pyrrole nitrogens is 1. The molecule has 5 nitrogen and oxygen atoms in total. The van der Waals surface area contributed by atoms with E-state index in [0.717, 1.165) is 0 Å². The van der Waals surface area contributed by atoms with Crippen molar-refractivity contribution in [3.63, 3.8) is 0 Å². The molecule has 0 amide bonds. The minimum atomic E-state index is 0.0741. The number of rotatable bonds is 4. The highest BCUT2D eigenvalue weighted by Crippen LogP contribution is 2.17. The fraction of sp³-hybridized carbons (Fsp3) is 0.417. The number of tetrazole rings is 1. The molecule has 1 aromatic carbocycles. The standard InChI is InChI=1S/C12H17N5/c1-8-4-6-11(7-5-8)9(2)13-10(3)12-14-16-17-15-12/h4-7,9-10,13H,1-3H3,(H,14,15,16,17). The minimum absolute atomic E-state index is 0.0741. The number of aromatic nitrogens is 4. The number of benzene rings is 1. The van der Waals surface area contributed by atoms with E-state index < -0.39 is 0 Å². The van der Waals surface area contributed by atoms with Crippen molar-refractivity contribution in [2.45, 2.75) is 32.9 Å². The van der Waals surface area contributed by atoms with E-state index >= 15 is 0 Å². The molecule has 0 aliphatic heterocycles. The molecule has 2 rings (SSSR count). The van der Waals surface area contributed by atoms with E-state index in [4.69, 9.17) is 0 Å². The van der Waals surface area contributed by atoms with E-state index in [2.05, 4.69) is 64.1 Å². The van der Waals surface area contributed by atoms with Crippen molar-refractivity contribution in [3.05, 3.63) is 41.2 Å². The van der Waals surface area contributed by atoms with E-state index in [1.807, 2.05) is 6.92 Å². The molecule has 2 unspecified atom stereocenters. The molecule has 0 fully saturated rings. The molecule has 0 saturated heterocycles. The summed E-state index contributed by atoms with van der Waals surface area (Å²) in [7, 11) is 0. The summed E-state index contributed by atoms with van der Waals surface area (Å²) in [6.45, 7) is 6.24. The van der Waals surface area contributed by atoms with Crippen molar-refractivity contribution in [2.75, 3.05) is 0 Å². The second-order valence-electron chi connectivity index (χ2n) is 4.29. The highest BCUT2D eigenvalue weighted by molar-refractivity contribution is 5.23. The van der Waals surface area contributed by atoms with Crippen LogP contribution < -0.4 is 5.32 Å². The number of aromatic amines is 1. The van der Waals surface area contributed by atoms with Crippen molar-refractivity contribution in [1.29, 1.82) is 0 Å². The Morgan fingerprint density at radius 2 is 1.82 bits per heavy atom. The first-order valence-corrected chi connectivity index (χ1v) is 5.73. The van der Waals surface area contributed by atoms with Crippen LogP contribution in [-0.4, -0.2) is 20.6 Å². The SMILES string of the molecule is Cc1ccc(C(C)NC(C)c2nn[nH]n2)cc1. The highest BCUT2D eigenvalue weighted by Gasteiger charge is 2.13. The summed E-state index contributed by atoms with van der Waals surface area (Å²) < 4.78 is 0. The molecule has 0 saturated carbocycles. The largest absolute Gasteiger partial charge is 0.301 e. The molecule has 0 radical (unpaired) electrons. The second-order valence-corrected chi connectivity index (χ2v) is 4.29. The Kier molecular flexibility index (Phi) is 3.49.